The number of nitrogens with zero attached hydrogens (tertiary/aromatic N) is 1. The first-order valence-corrected chi connectivity index (χ1v) is 5.26. The van der Waals surface area contributed by atoms with E-state index in [1.165, 1.54) is 12.8 Å². The predicted molar refractivity (Wildman–Crippen MR) is 56.1 cm³/mol. The van der Waals surface area contributed by atoms with Crippen LogP contribution in [0.1, 0.15) is 33.6 Å². The van der Waals surface area contributed by atoms with E-state index >= 15 is 0 Å². The van der Waals surface area contributed by atoms with Gasteiger partial charge in [-0.05, 0) is 39.5 Å². The van der Waals surface area contributed by atoms with Crippen LogP contribution in [-0.2, 0) is 9.53 Å². The summed E-state index contributed by atoms with van der Waals surface area (Å²) >= 11 is 0. The molecule has 0 aliphatic heterocycles. The van der Waals surface area contributed by atoms with Crippen molar-refractivity contribution in [2.24, 2.45) is 5.92 Å². The molecule has 1 amide bonds. The normalized spacial score (nSPS) is 16.9. The number of carbonyl (C=O) groups excluding carboxylic acids is 1. The van der Waals surface area contributed by atoms with Crippen LogP contribution in [0.25, 0.3) is 0 Å². The zero-order valence-electron chi connectivity index (χ0n) is 9.67. The summed E-state index contributed by atoms with van der Waals surface area (Å²) in [4.78, 5) is 13.3. The predicted octanol–water partition coefficient (Wildman–Crippen LogP) is 1.67. The van der Waals surface area contributed by atoms with Gasteiger partial charge in [0.2, 0.25) is 5.91 Å². The van der Waals surface area contributed by atoms with Crippen LogP contribution in [0.3, 0.4) is 0 Å². The fraction of sp³-hybridized carbons (Fsp3) is 0.909. The molecule has 0 bridgehead atoms. The Balaban J connectivity index is 2.19. The lowest BCUT2D eigenvalue weighted by Gasteiger charge is -2.22. The van der Waals surface area contributed by atoms with E-state index < -0.39 is 0 Å². The summed E-state index contributed by atoms with van der Waals surface area (Å²) in [6.07, 6.45) is 2.55. The highest BCUT2D eigenvalue weighted by Gasteiger charge is 2.25. The van der Waals surface area contributed by atoms with Gasteiger partial charge in [-0.3, -0.25) is 4.79 Å². The largest absolute Gasteiger partial charge is 0.366 e. The zero-order valence-corrected chi connectivity index (χ0v) is 9.67. The Hall–Kier alpha value is -0.570. The summed E-state index contributed by atoms with van der Waals surface area (Å²) in [6.45, 7) is 6.97. The van der Waals surface area contributed by atoms with Crippen molar-refractivity contribution in [1.29, 1.82) is 0 Å². The molecule has 0 N–H and O–H groups in total. The standard InChI is InChI=1S/C11H21NO2/c1-11(2,3)14-8-10(13)12(4)7-9-5-6-9/h9H,5-8H2,1-4H3. The van der Waals surface area contributed by atoms with Crippen LogP contribution in [-0.4, -0.2) is 36.6 Å². The number of hydrogen-bond donors (Lipinski definition) is 0. The highest BCUT2D eigenvalue weighted by Crippen LogP contribution is 2.29. The van der Waals surface area contributed by atoms with E-state index in [2.05, 4.69) is 0 Å². The Labute approximate surface area is 86.4 Å². The van der Waals surface area contributed by atoms with Gasteiger partial charge in [-0.1, -0.05) is 0 Å². The first kappa shape index (κ1) is 11.5. The summed E-state index contributed by atoms with van der Waals surface area (Å²) in [5, 5.41) is 0. The van der Waals surface area contributed by atoms with E-state index in [9.17, 15) is 4.79 Å². The zero-order chi connectivity index (χ0) is 10.8. The molecule has 0 aromatic heterocycles. The second-order valence-corrected chi connectivity index (χ2v) is 5.12. The quantitative estimate of drug-likeness (QED) is 0.689. The maximum Gasteiger partial charge on any atom is 0.248 e. The summed E-state index contributed by atoms with van der Waals surface area (Å²) < 4.78 is 5.42. The van der Waals surface area contributed by atoms with Crippen molar-refractivity contribution in [1.82, 2.24) is 4.90 Å². The molecule has 1 aliphatic rings. The molecule has 3 nitrogen and oxygen atoms in total. The molecule has 14 heavy (non-hydrogen) atoms. The second kappa shape index (κ2) is 4.30. The van der Waals surface area contributed by atoms with E-state index in [1.54, 1.807) is 4.90 Å². The average Bonchev–Trinajstić information content (AvgIpc) is 2.82. The van der Waals surface area contributed by atoms with Crippen molar-refractivity contribution in [2.75, 3.05) is 20.2 Å². The summed E-state index contributed by atoms with van der Waals surface area (Å²) in [5.74, 6) is 0.838. The maximum absolute atomic E-state index is 11.6. The van der Waals surface area contributed by atoms with Crippen molar-refractivity contribution in [3.63, 3.8) is 0 Å². The molecule has 0 saturated heterocycles. The van der Waals surface area contributed by atoms with Crippen LogP contribution in [0.2, 0.25) is 0 Å². The number of amides is 1. The van der Waals surface area contributed by atoms with Gasteiger partial charge in [0.15, 0.2) is 0 Å². The minimum absolute atomic E-state index is 0.0897. The minimum atomic E-state index is -0.226. The molecule has 0 spiro atoms. The molecule has 0 aromatic rings. The van der Waals surface area contributed by atoms with Crippen molar-refractivity contribution >= 4 is 5.91 Å². The third-order valence-electron chi connectivity index (χ3n) is 2.28. The Morgan fingerprint density at radius 2 is 2.00 bits per heavy atom. The SMILES string of the molecule is CN(CC1CC1)C(=O)COC(C)(C)C. The molecule has 0 aromatic carbocycles. The highest BCUT2D eigenvalue weighted by molar-refractivity contribution is 5.77. The van der Waals surface area contributed by atoms with Gasteiger partial charge in [0, 0.05) is 13.6 Å². The number of carbonyl (C=O) groups is 1. The topological polar surface area (TPSA) is 29.5 Å². The smallest absolute Gasteiger partial charge is 0.248 e. The monoisotopic (exact) mass is 199 g/mol. The van der Waals surface area contributed by atoms with Crippen LogP contribution in [0.5, 0.6) is 0 Å². The van der Waals surface area contributed by atoms with Gasteiger partial charge >= 0.3 is 0 Å². The van der Waals surface area contributed by atoms with Gasteiger partial charge in [-0.2, -0.15) is 0 Å². The molecule has 3 heteroatoms. The van der Waals surface area contributed by atoms with Gasteiger partial charge < -0.3 is 9.64 Å². The van der Waals surface area contributed by atoms with Gasteiger partial charge in [-0.15, -0.1) is 0 Å². The molecule has 1 fully saturated rings. The molecule has 0 radical (unpaired) electrons. The molecule has 1 saturated carbocycles. The molecule has 1 rings (SSSR count). The number of hydrogen-bond acceptors (Lipinski definition) is 2. The van der Waals surface area contributed by atoms with E-state index in [4.69, 9.17) is 4.74 Å². The van der Waals surface area contributed by atoms with Crippen LogP contribution in [0.4, 0.5) is 0 Å². The Morgan fingerprint density at radius 1 is 1.43 bits per heavy atom. The first-order valence-electron chi connectivity index (χ1n) is 5.26. The summed E-state index contributed by atoms with van der Waals surface area (Å²) in [6, 6.07) is 0. The fourth-order valence-corrected chi connectivity index (χ4v) is 1.18. The van der Waals surface area contributed by atoms with Gasteiger partial charge in [-0.25, -0.2) is 0 Å². The van der Waals surface area contributed by atoms with E-state index in [0.29, 0.717) is 0 Å². The lowest BCUT2D eigenvalue weighted by molar-refractivity contribution is -0.139. The Bertz CT molecular complexity index is 204. The average molecular weight is 199 g/mol. The number of likely N-dealkylation sites (N-methyl/N-ethyl adjacent to an activating group) is 1. The molecule has 0 heterocycles. The third kappa shape index (κ3) is 4.61. The van der Waals surface area contributed by atoms with E-state index in [0.717, 1.165) is 12.5 Å². The maximum atomic E-state index is 11.6. The highest BCUT2D eigenvalue weighted by atomic mass is 16.5. The van der Waals surface area contributed by atoms with Crippen LogP contribution >= 0.6 is 0 Å². The van der Waals surface area contributed by atoms with Crippen molar-refractivity contribution < 1.29 is 9.53 Å². The van der Waals surface area contributed by atoms with Crippen LogP contribution < -0.4 is 0 Å². The molecule has 82 valence electrons. The van der Waals surface area contributed by atoms with E-state index in [1.807, 2.05) is 27.8 Å². The molecular weight excluding hydrogens is 178 g/mol. The van der Waals surface area contributed by atoms with Gasteiger partial charge in [0.05, 0.1) is 5.60 Å². The number of ether oxygens (including phenoxy) is 1. The fourth-order valence-electron chi connectivity index (χ4n) is 1.18. The van der Waals surface area contributed by atoms with Crippen molar-refractivity contribution in [2.45, 2.75) is 39.2 Å². The first-order chi connectivity index (χ1) is 6.38. The molecule has 1 aliphatic carbocycles. The summed E-state index contributed by atoms with van der Waals surface area (Å²) in [7, 11) is 1.85. The summed E-state index contributed by atoms with van der Waals surface area (Å²) in [5.41, 5.74) is -0.226. The van der Waals surface area contributed by atoms with E-state index in [-0.39, 0.29) is 18.1 Å². The molecule has 0 unspecified atom stereocenters. The second-order valence-electron chi connectivity index (χ2n) is 5.12. The molecular formula is C11H21NO2. The van der Waals surface area contributed by atoms with Crippen LogP contribution in [0, 0.1) is 5.92 Å². The third-order valence-corrected chi connectivity index (χ3v) is 2.28. The van der Waals surface area contributed by atoms with Crippen molar-refractivity contribution in [3.05, 3.63) is 0 Å². The van der Waals surface area contributed by atoms with Crippen molar-refractivity contribution in [3.8, 4) is 0 Å². The lowest BCUT2D eigenvalue weighted by Crippen LogP contribution is -2.34. The lowest BCUT2D eigenvalue weighted by atomic mass is 10.2. The Kier molecular flexibility index (Phi) is 3.53. The van der Waals surface area contributed by atoms with Gasteiger partial charge in [0.1, 0.15) is 6.61 Å². The Morgan fingerprint density at radius 3 is 2.43 bits per heavy atom. The van der Waals surface area contributed by atoms with Gasteiger partial charge in [0.25, 0.3) is 0 Å². The molecule has 0 atom stereocenters. The van der Waals surface area contributed by atoms with Crippen LogP contribution in [0.15, 0.2) is 0 Å². The number of rotatable bonds is 4. The minimum Gasteiger partial charge on any atom is -0.366 e.